The average molecular weight is 358 g/mol. The molecule has 0 spiro atoms. The predicted molar refractivity (Wildman–Crippen MR) is 106 cm³/mol. The second-order valence-electron chi connectivity index (χ2n) is 7.07. The molecule has 25 heavy (non-hydrogen) atoms. The maximum absolute atomic E-state index is 11.7. The summed E-state index contributed by atoms with van der Waals surface area (Å²) >= 11 is 1.63. The highest BCUT2D eigenvalue weighted by Gasteiger charge is 2.26. The minimum absolute atomic E-state index is 0.0351. The van der Waals surface area contributed by atoms with Crippen molar-refractivity contribution < 1.29 is 4.79 Å². The second kappa shape index (κ2) is 7.58. The number of hydrogen-bond acceptors (Lipinski definition) is 4. The monoisotopic (exact) mass is 357 g/mol. The third kappa shape index (κ3) is 4.22. The highest BCUT2D eigenvalue weighted by molar-refractivity contribution is 7.10. The normalized spacial score (nSPS) is 17.2. The molecule has 3 rings (SSSR count). The van der Waals surface area contributed by atoms with Crippen molar-refractivity contribution >= 4 is 22.9 Å². The Morgan fingerprint density at radius 2 is 2.00 bits per heavy atom. The van der Waals surface area contributed by atoms with Crippen molar-refractivity contribution in [2.24, 2.45) is 5.73 Å². The molecule has 1 aliphatic rings. The Bertz CT molecular complexity index is 732. The van der Waals surface area contributed by atoms with E-state index in [0.29, 0.717) is 0 Å². The standard InChI is InChI=1S/C20H27N3OS/c1-20(21,13-19(24)22-2)18-12-16(14-25-18)15-7-6-8-17(11-15)23-9-4-3-5-10-23/h6-8,11-12,14H,3-5,9-10,13,21H2,1-2H3,(H,22,24)/t20-/m0/s1. The summed E-state index contributed by atoms with van der Waals surface area (Å²) in [6.45, 7) is 4.21. The van der Waals surface area contributed by atoms with Crippen LogP contribution in [0.4, 0.5) is 5.69 Å². The first-order valence-corrected chi connectivity index (χ1v) is 9.81. The van der Waals surface area contributed by atoms with E-state index >= 15 is 0 Å². The average Bonchev–Trinajstić information content (AvgIpc) is 3.13. The molecule has 0 aliphatic carbocycles. The molecule has 2 heterocycles. The third-order valence-electron chi connectivity index (χ3n) is 4.87. The number of nitrogens with two attached hydrogens (primary N) is 1. The fourth-order valence-electron chi connectivity index (χ4n) is 3.33. The number of thiophene rings is 1. The molecule has 1 aromatic heterocycles. The lowest BCUT2D eigenvalue weighted by molar-refractivity contribution is -0.121. The van der Waals surface area contributed by atoms with Gasteiger partial charge in [0.15, 0.2) is 0 Å². The van der Waals surface area contributed by atoms with Crippen LogP contribution in [0.5, 0.6) is 0 Å². The van der Waals surface area contributed by atoms with Crippen LogP contribution in [0, 0.1) is 0 Å². The zero-order chi connectivity index (χ0) is 17.9. The van der Waals surface area contributed by atoms with Gasteiger partial charge in [-0.15, -0.1) is 11.3 Å². The van der Waals surface area contributed by atoms with Gasteiger partial charge in [0.2, 0.25) is 5.91 Å². The van der Waals surface area contributed by atoms with E-state index in [1.54, 1.807) is 18.4 Å². The van der Waals surface area contributed by atoms with Crippen molar-refractivity contribution in [3.05, 3.63) is 40.6 Å². The summed E-state index contributed by atoms with van der Waals surface area (Å²) in [6, 6.07) is 10.9. The summed E-state index contributed by atoms with van der Waals surface area (Å²) in [6.07, 6.45) is 4.18. The number of carbonyl (C=O) groups excluding carboxylic acids is 1. The summed E-state index contributed by atoms with van der Waals surface area (Å²) in [5.41, 5.74) is 9.43. The lowest BCUT2D eigenvalue weighted by Gasteiger charge is -2.29. The van der Waals surface area contributed by atoms with E-state index in [2.05, 4.69) is 45.9 Å². The van der Waals surface area contributed by atoms with Crippen LogP contribution < -0.4 is 16.0 Å². The van der Waals surface area contributed by atoms with Gasteiger partial charge < -0.3 is 16.0 Å². The SMILES string of the molecule is CNC(=O)C[C@](C)(N)c1cc(-c2cccc(N3CCCCC3)c2)cs1. The maximum atomic E-state index is 11.7. The summed E-state index contributed by atoms with van der Waals surface area (Å²) in [7, 11) is 1.64. The van der Waals surface area contributed by atoms with Crippen molar-refractivity contribution in [2.45, 2.75) is 38.1 Å². The molecule has 2 aromatic rings. The molecule has 1 fully saturated rings. The van der Waals surface area contributed by atoms with Gasteiger partial charge >= 0.3 is 0 Å². The molecular formula is C20H27N3OS. The van der Waals surface area contributed by atoms with Crippen LogP contribution in [0.15, 0.2) is 35.7 Å². The number of benzene rings is 1. The second-order valence-corrected chi connectivity index (χ2v) is 7.98. The number of amides is 1. The van der Waals surface area contributed by atoms with Gasteiger partial charge in [-0.1, -0.05) is 12.1 Å². The zero-order valence-electron chi connectivity index (χ0n) is 15.0. The molecule has 1 aliphatic heterocycles. The molecule has 0 bridgehead atoms. The van der Waals surface area contributed by atoms with Gasteiger partial charge in [-0.2, -0.15) is 0 Å². The van der Waals surface area contributed by atoms with E-state index in [4.69, 9.17) is 5.73 Å². The van der Waals surface area contributed by atoms with Crippen molar-refractivity contribution in [1.82, 2.24) is 5.32 Å². The van der Waals surface area contributed by atoms with E-state index in [1.807, 2.05) is 6.92 Å². The largest absolute Gasteiger partial charge is 0.372 e. The summed E-state index contributed by atoms with van der Waals surface area (Å²) < 4.78 is 0. The lowest BCUT2D eigenvalue weighted by atomic mass is 9.95. The Hall–Kier alpha value is -1.85. The predicted octanol–water partition coefficient (Wildman–Crippen LogP) is 3.72. The van der Waals surface area contributed by atoms with Crippen LogP contribution in [0.1, 0.15) is 37.5 Å². The van der Waals surface area contributed by atoms with Gasteiger partial charge in [-0.05, 0) is 60.9 Å². The zero-order valence-corrected chi connectivity index (χ0v) is 15.9. The molecule has 3 N–H and O–H groups in total. The summed E-state index contributed by atoms with van der Waals surface area (Å²) in [5.74, 6) is -0.0351. The Balaban J connectivity index is 1.81. The fraction of sp³-hybridized carbons (Fsp3) is 0.450. The number of carbonyl (C=O) groups is 1. The number of hydrogen-bond donors (Lipinski definition) is 2. The Morgan fingerprint density at radius 3 is 2.72 bits per heavy atom. The van der Waals surface area contributed by atoms with Crippen LogP contribution in [0.25, 0.3) is 11.1 Å². The minimum atomic E-state index is -0.645. The van der Waals surface area contributed by atoms with Crippen molar-refractivity contribution in [1.29, 1.82) is 0 Å². The maximum Gasteiger partial charge on any atom is 0.221 e. The van der Waals surface area contributed by atoms with E-state index < -0.39 is 5.54 Å². The molecule has 0 unspecified atom stereocenters. The van der Waals surface area contributed by atoms with Crippen LogP contribution in [-0.2, 0) is 10.3 Å². The molecule has 4 nitrogen and oxygen atoms in total. The van der Waals surface area contributed by atoms with Crippen molar-refractivity contribution in [3.8, 4) is 11.1 Å². The van der Waals surface area contributed by atoms with Crippen molar-refractivity contribution in [2.75, 3.05) is 25.0 Å². The number of piperidine rings is 1. The highest BCUT2D eigenvalue weighted by atomic mass is 32.1. The van der Waals surface area contributed by atoms with Crippen molar-refractivity contribution in [3.63, 3.8) is 0 Å². The smallest absolute Gasteiger partial charge is 0.221 e. The van der Waals surface area contributed by atoms with Gasteiger partial charge in [-0.25, -0.2) is 0 Å². The quantitative estimate of drug-likeness (QED) is 0.857. The van der Waals surface area contributed by atoms with Gasteiger partial charge in [0, 0.05) is 37.1 Å². The van der Waals surface area contributed by atoms with E-state index in [-0.39, 0.29) is 12.3 Å². The first-order valence-electron chi connectivity index (χ1n) is 8.93. The highest BCUT2D eigenvalue weighted by Crippen LogP contribution is 2.34. The molecule has 1 aromatic carbocycles. The lowest BCUT2D eigenvalue weighted by Crippen LogP contribution is -2.37. The molecule has 5 heteroatoms. The van der Waals surface area contributed by atoms with Crippen LogP contribution in [-0.4, -0.2) is 26.0 Å². The number of rotatable bonds is 5. The molecule has 0 saturated carbocycles. The summed E-state index contributed by atoms with van der Waals surface area (Å²) in [5, 5.41) is 4.79. The summed E-state index contributed by atoms with van der Waals surface area (Å²) in [4.78, 5) is 15.2. The molecule has 1 amide bonds. The first-order chi connectivity index (χ1) is 12.0. The number of nitrogens with one attached hydrogen (secondary N) is 1. The Kier molecular flexibility index (Phi) is 5.45. The van der Waals surface area contributed by atoms with E-state index in [0.717, 1.165) is 18.0 Å². The van der Waals surface area contributed by atoms with Crippen LogP contribution >= 0.6 is 11.3 Å². The number of nitrogens with zero attached hydrogens (tertiary/aromatic N) is 1. The molecule has 0 radical (unpaired) electrons. The van der Waals surface area contributed by atoms with E-state index in [9.17, 15) is 4.79 Å². The Morgan fingerprint density at radius 1 is 1.24 bits per heavy atom. The minimum Gasteiger partial charge on any atom is -0.372 e. The van der Waals surface area contributed by atoms with E-state index in [1.165, 1.54) is 36.1 Å². The third-order valence-corrected chi connectivity index (χ3v) is 6.08. The topological polar surface area (TPSA) is 58.4 Å². The van der Waals surface area contributed by atoms with Gasteiger partial charge in [-0.3, -0.25) is 4.79 Å². The van der Waals surface area contributed by atoms with Gasteiger partial charge in [0.05, 0.1) is 5.54 Å². The molecule has 1 saturated heterocycles. The van der Waals surface area contributed by atoms with Gasteiger partial charge in [0.25, 0.3) is 0 Å². The first kappa shape index (κ1) is 18.0. The Labute approximate surface area is 154 Å². The van der Waals surface area contributed by atoms with Gasteiger partial charge in [0.1, 0.15) is 0 Å². The molecule has 134 valence electrons. The number of anilines is 1. The fourth-order valence-corrected chi connectivity index (χ4v) is 4.32. The molecular weight excluding hydrogens is 330 g/mol. The van der Waals surface area contributed by atoms with Crippen LogP contribution in [0.2, 0.25) is 0 Å². The van der Waals surface area contributed by atoms with Crippen LogP contribution in [0.3, 0.4) is 0 Å². The molecule has 1 atom stereocenters.